The molecule has 0 aromatic rings. The first kappa shape index (κ1) is 7.34. The summed E-state index contributed by atoms with van der Waals surface area (Å²) in [6.45, 7) is 0.964. The van der Waals surface area contributed by atoms with E-state index < -0.39 is 0 Å². The molecule has 3 fully saturated rings. The van der Waals surface area contributed by atoms with Crippen LogP contribution in [0.2, 0.25) is 0 Å². The van der Waals surface area contributed by atoms with Gasteiger partial charge in [-0.1, -0.05) is 0 Å². The van der Waals surface area contributed by atoms with Gasteiger partial charge in [-0.2, -0.15) is 0 Å². The van der Waals surface area contributed by atoms with E-state index in [0.29, 0.717) is 11.5 Å². The van der Waals surface area contributed by atoms with Gasteiger partial charge in [-0.05, 0) is 25.7 Å². The van der Waals surface area contributed by atoms with Crippen LogP contribution in [0.4, 0.5) is 0 Å². The van der Waals surface area contributed by atoms with Crippen LogP contribution in [0.15, 0.2) is 0 Å². The zero-order valence-corrected chi connectivity index (χ0v) is 7.64. The maximum absolute atomic E-state index is 5.91. The molecule has 2 saturated carbocycles. The van der Waals surface area contributed by atoms with E-state index in [1.54, 1.807) is 0 Å². The minimum absolute atomic E-state index is 0.272. The van der Waals surface area contributed by atoms with Crippen molar-refractivity contribution in [2.45, 2.75) is 43.8 Å². The lowest BCUT2D eigenvalue weighted by molar-refractivity contribution is -0.121. The lowest BCUT2D eigenvalue weighted by Gasteiger charge is -2.36. The molecule has 2 nitrogen and oxygen atoms in total. The Labute approximate surface area is 73.2 Å². The summed E-state index contributed by atoms with van der Waals surface area (Å²) in [7, 11) is 1.85. The van der Waals surface area contributed by atoms with E-state index in [2.05, 4.69) is 0 Å². The molecule has 12 heavy (non-hydrogen) atoms. The highest BCUT2D eigenvalue weighted by atomic mass is 16.5. The van der Waals surface area contributed by atoms with Crippen LogP contribution in [0.5, 0.6) is 0 Å². The van der Waals surface area contributed by atoms with Crippen LogP contribution < -0.4 is 0 Å². The van der Waals surface area contributed by atoms with E-state index in [4.69, 9.17) is 9.47 Å². The predicted octanol–water partition coefficient (Wildman–Crippen LogP) is 1.73. The summed E-state index contributed by atoms with van der Waals surface area (Å²) >= 11 is 0. The summed E-state index contributed by atoms with van der Waals surface area (Å²) in [5.74, 6) is 0. The summed E-state index contributed by atoms with van der Waals surface area (Å²) in [6.07, 6.45) is 6.83. The molecule has 3 aliphatic rings. The Bertz CT molecular complexity index is 204. The van der Waals surface area contributed by atoms with Crippen LogP contribution in [-0.4, -0.2) is 25.4 Å². The zero-order valence-electron chi connectivity index (χ0n) is 7.64. The van der Waals surface area contributed by atoms with Gasteiger partial charge in [-0.3, -0.25) is 0 Å². The molecule has 0 aromatic heterocycles. The Hall–Kier alpha value is -0.0800. The molecule has 1 heterocycles. The smallest absolute Gasteiger partial charge is 0.0709 e. The fourth-order valence-corrected chi connectivity index (χ4v) is 2.45. The van der Waals surface area contributed by atoms with E-state index >= 15 is 0 Å². The van der Waals surface area contributed by atoms with Gasteiger partial charge in [0, 0.05) is 18.9 Å². The number of hydrogen-bond acceptors (Lipinski definition) is 2. The van der Waals surface area contributed by atoms with E-state index in [9.17, 15) is 0 Å². The van der Waals surface area contributed by atoms with Crippen molar-refractivity contribution in [1.29, 1.82) is 0 Å². The zero-order chi connectivity index (χ0) is 8.23. The fourth-order valence-electron chi connectivity index (χ4n) is 2.45. The first-order valence-corrected chi connectivity index (χ1v) is 4.95. The van der Waals surface area contributed by atoms with Crippen molar-refractivity contribution in [3.05, 3.63) is 0 Å². The second-order valence-corrected chi connectivity index (χ2v) is 4.76. The first-order valence-electron chi connectivity index (χ1n) is 4.95. The maximum Gasteiger partial charge on any atom is 0.0709 e. The first-order chi connectivity index (χ1) is 5.79. The molecular formula is C10H16O2. The normalized spacial score (nSPS) is 40.2. The van der Waals surface area contributed by atoms with Crippen molar-refractivity contribution in [2.75, 3.05) is 13.7 Å². The molecule has 1 aliphatic heterocycles. The Morgan fingerprint density at radius 2 is 2.00 bits per heavy atom. The molecule has 0 bridgehead atoms. The number of ether oxygens (including phenoxy) is 2. The third-order valence-corrected chi connectivity index (χ3v) is 3.89. The lowest BCUT2D eigenvalue weighted by Crippen LogP contribution is -2.41. The molecule has 3 rings (SSSR count). The van der Waals surface area contributed by atoms with Gasteiger partial charge in [-0.25, -0.2) is 0 Å². The van der Waals surface area contributed by atoms with E-state index in [-0.39, 0.29) is 5.60 Å². The highest BCUT2D eigenvalue weighted by molar-refractivity contribution is 5.10. The van der Waals surface area contributed by atoms with Gasteiger partial charge in [0.15, 0.2) is 0 Å². The molecule has 0 radical (unpaired) electrons. The van der Waals surface area contributed by atoms with Crippen LogP contribution in [-0.2, 0) is 9.47 Å². The predicted molar refractivity (Wildman–Crippen MR) is 45.0 cm³/mol. The Morgan fingerprint density at radius 1 is 1.25 bits per heavy atom. The van der Waals surface area contributed by atoms with Crippen LogP contribution in [0.1, 0.15) is 32.1 Å². The molecule has 2 spiro atoms. The van der Waals surface area contributed by atoms with Gasteiger partial charge in [0.2, 0.25) is 0 Å². The molecule has 1 atom stereocenters. The van der Waals surface area contributed by atoms with Crippen molar-refractivity contribution in [3.8, 4) is 0 Å². The van der Waals surface area contributed by atoms with E-state index in [1.807, 2.05) is 7.11 Å². The van der Waals surface area contributed by atoms with Crippen LogP contribution in [0.3, 0.4) is 0 Å². The van der Waals surface area contributed by atoms with Gasteiger partial charge in [0.05, 0.1) is 18.3 Å². The third kappa shape index (κ3) is 0.882. The minimum atomic E-state index is 0.272. The molecule has 0 N–H and O–H groups in total. The molecule has 0 unspecified atom stereocenters. The van der Waals surface area contributed by atoms with Crippen molar-refractivity contribution in [3.63, 3.8) is 0 Å². The second-order valence-electron chi connectivity index (χ2n) is 4.76. The average Bonchev–Trinajstić information content (AvgIpc) is 2.93. The summed E-state index contributed by atoms with van der Waals surface area (Å²) in [4.78, 5) is 0. The molecule has 0 amide bonds. The molecule has 1 saturated heterocycles. The van der Waals surface area contributed by atoms with Gasteiger partial charge >= 0.3 is 0 Å². The van der Waals surface area contributed by atoms with Gasteiger partial charge < -0.3 is 9.47 Å². The second kappa shape index (κ2) is 2.05. The highest BCUT2D eigenvalue weighted by Crippen LogP contribution is 2.60. The largest absolute Gasteiger partial charge is 0.381 e. The Kier molecular flexibility index (Phi) is 1.25. The quantitative estimate of drug-likeness (QED) is 0.593. The third-order valence-electron chi connectivity index (χ3n) is 3.89. The van der Waals surface area contributed by atoms with Crippen LogP contribution in [0.25, 0.3) is 0 Å². The lowest BCUT2D eigenvalue weighted by atomic mass is 9.91. The molecule has 68 valence electrons. The summed E-state index contributed by atoms with van der Waals surface area (Å²) in [5, 5.41) is 0. The average molecular weight is 168 g/mol. The SMILES string of the molecule is CO[C@@H]1CC2(CC2)OCC12CC2. The minimum Gasteiger partial charge on any atom is -0.381 e. The van der Waals surface area contributed by atoms with Crippen LogP contribution in [0, 0.1) is 5.41 Å². The standard InChI is InChI=1S/C10H16O2/c1-11-8-6-10(4-5-10)12-7-9(8)2-3-9/h8H,2-7H2,1H3/t8-/m1/s1. The number of rotatable bonds is 1. The van der Waals surface area contributed by atoms with Crippen molar-refractivity contribution in [2.24, 2.45) is 5.41 Å². The highest BCUT2D eigenvalue weighted by Gasteiger charge is 2.60. The number of hydrogen-bond donors (Lipinski definition) is 0. The molecular weight excluding hydrogens is 152 g/mol. The molecule has 0 aromatic carbocycles. The van der Waals surface area contributed by atoms with Gasteiger partial charge in [0.25, 0.3) is 0 Å². The monoisotopic (exact) mass is 168 g/mol. The number of methoxy groups -OCH3 is 1. The van der Waals surface area contributed by atoms with Gasteiger partial charge in [-0.15, -0.1) is 0 Å². The van der Waals surface area contributed by atoms with E-state index in [1.165, 1.54) is 25.7 Å². The fraction of sp³-hybridized carbons (Fsp3) is 1.00. The van der Waals surface area contributed by atoms with Crippen molar-refractivity contribution in [1.82, 2.24) is 0 Å². The summed E-state index contributed by atoms with van der Waals surface area (Å²) in [5.41, 5.74) is 0.719. The van der Waals surface area contributed by atoms with Crippen molar-refractivity contribution < 1.29 is 9.47 Å². The molecule has 2 heteroatoms. The summed E-state index contributed by atoms with van der Waals surface area (Å²) < 4.78 is 11.5. The van der Waals surface area contributed by atoms with Crippen molar-refractivity contribution >= 4 is 0 Å². The van der Waals surface area contributed by atoms with E-state index in [0.717, 1.165) is 13.0 Å². The Morgan fingerprint density at radius 3 is 2.50 bits per heavy atom. The van der Waals surface area contributed by atoms with Crippen LogP contribution >= 0.6 is 0 Å². The Balaban J connectivity index is 1.77. The van der Waals surface area contributed by atoms with Gasteiger partial charge in [0.1, 0.15) is 0 Å². The molecule has 2 aliphatic carbocycles. The maximum atomic E-state index is 5.91. The topological polar surface area (TPSA) is 18.5 Å². The summed E-state index contributed by atoms with van der Waals surface area (Å²) in [6, 6.07) is 0.